The molecule has 0 heterocycles. The second kappa shape index (κ2) is 5.47. The lowest BCUT2D eigenvalue weighted by molar-refractivity contribution is 0.175. The molecule has 0 radical (unpaired) electrons. The molecular formula is C13H18FNO2. The Morgan fingerprint density at radius 3 is 2.76 bits per heavy atom. The van der Waals surface area contributed by atoms with Crippen LogP contribution in [0, 0.1) is 11.7 Å². The van der Waals surface area contributed by atoms with Gasteiger partial charge in [0.05, 0.1) is 12.7 Å². The van der Waals surface area contributed by atoms with Crippen LogP contribution in [-0.2, 0) is 0 Å². The summed E-state index contributed by atoms with van der Waals surface area (Å²) in [5.41, 5.74) is 5.81. The van der Waals surface area contributed by atoms with Gasteiger partial charge in [-0.25, -0.2) is 4.39 Å². The summed E-state index contributed by atoms with van der Waals surface area (Å²) in [6, 6.07) is 4.28. The first-order chi connectivity index (χ1) is 8.19. The van der Waals surface area contributed by atoms with Gasteiger partial charge in [-0.05, 0) is 36.5 Å². The zero-order valence-corrected chi connectivity index (χ0v) is 9.73. The SMILES string of the molecule is NCC(O)c1cc(F)cc(OCC2CCC2)c1. The fourth-order valence-corrected chi connectivity index (χ4v) is 1.87. The van der Waals surface area contributed by atoms with Gasteiger partial charge in [0.2, 0.25) is 0 Å². The van der Waals surface area contributed by atoms with Crippen molar-refractivity contribution in [3.05, 3.63) is 29.6 Å². The molecule has 3 nitrogen and oxygen atoms in total. The molecule has 0 amide bonds. The van der Waals surface area contributed by atoms with Crippen LogP contribution in [0.3, 0.4) is 0 Å². The molecule has 0 spiro atoms. The topological polar surface area (TPSA) is 55.5 Å². The largest absolute Gasteiger partial charge is 0.493 e. The summed E-state index contributed by atoms with van der Waals surface area (Å²) in [4.78, 5) is 0. The number of aliphatic hydroxyl groups is 1. The highest BCUT2D eigenvalue weighted by Crippen LogP contribution is 2.28. The third-order valence-electron chi connectivity index (χ3n) is 3.21. The molecule has 94 valence electrons. The van der Waals surface area contributed by atoms with Gasteiger partial charge in [-0.15, -0.1) is 0 Å². The van der Waals surface area contributed by atoms with Crippen molar-refractivity contribution in [1.82, 2.24) is 0 Å². The Morgan fingerprint density at radius 1 is 1.41 bits per heavy atom. The Labute approximate surface area is 100 Å². The van der Waals surface area contributed by atoms with Gasteiger partial charge < -0.3 is 15.6 Å². The monoisotopic (exact) mass is 239 g/mol. The van der Waals surface area contributed by atoms with Crippen LogP contribution in [0.1, 0.15) is 30.9 Å². The van der Waals surface area contributed by atoms with Crippen molar-refractivity contribution < 1.29 is 14.2 Å². The lowest BCUT2D eigenvalue weighted by Crippen LogP contribution is -2.19. The third-order valence-corrected chi connectivity index (χ3v) is 3.21. The molecule has 0 bridgehead atoms. The summed E-state index contributed by atoms with van der Waals surface area (Å²) < 4.78 is 18.8. The summed E-state index contributed by atoms with van der Waals surface area (Å²) in [6.07, 6.45) is 2.80. The maximum absolute atomic E-state index is 13.3. The number of ether oxygens (including phenoxy) is 1. The van der Waals surface area contributed by atoms with Gasteiger partial charge in [-0.1, -0.05) is 6.42 Å². The summed E-state index contributed by atoms with van der Waals surface area (Å²) in [5, 5.41) is 9.57. The number of halogens is 1. The van der Waals surface area contributed by atoms with E-state index >= 15 is 0 Å². The highest BCUT2D eigenvalue weighted by atomic mass is 19.1. The number of nitrogens with two attached hydrogens (primary N) is 1. The van der Waals surface area contributed by atoms with Crippen LogP contribution in [0.4, 0.5) is 4.39 Å². The Hall–Kier alpha value is -1.13. The van der Waals surface area contributed by atoms with Crippen LogP contribution in [0.2, 0.25) is 0 Å². The van der Waals surface area contributed by atoms with E-state index in [2.05, 4.69) is 0 Å². The first-order valence-corrected chi connectivity index (χ1v) is 6.00. The summed E-state index contributed by atoms with van der Waals surface area (Å²) in [5.74, 6) is 0.666. The molecule has 1 atom stereocenters. The predicted molar refractivity (Wildman–Crippen MR) is 63.3 cm³/mol. The highest BCUT2D eigenvalue weighted by Gasteiger charge is 2.18. The van der Waals surface area contributed by atoms with Crippen LogP contribution in [0.15, 0.2) is 18.2 Å². The first-order valence-electron chi connectivity index (χ1n) is 6.00. The molecule has 1 aromatic rings. The molecule has 1 aromatic carbocycles. The smallest absolute Gasteiger partial charge is 0.127 e. The second-order valence-corrected chi connectivity index (χ2v) is 4.58. The van der Waals surface area contributed by atoms with Crippen LogP contribution >= 0.6 is 0 Å². The van der Waals surface area contributed by atoms with Crippen molar-refractivity contribution in [2.24, 2.45) is 11.7 Å². The number of rotatable bonds is 5. The molecule has 1 saturated carbocycles. The summed E-state index contributed by atoms with van der Waals surface area (Å²) >= 11 is 0. The standard InChI is InChI=1S/C13H18FNO2/c14-11-4-10(13(16)7-15)5-12(6-11)17-8-9-2-1-3-9/h4-6,9,13,16H,1-3,7-8,15H2. The summed E-state index contributed by atoms with van der Waals surface area (Å²) in [6.45, 7) is 0.702. The molecule has 1 aliphatic rings. The van der Waals surface area contributed by atoms with E-state index in [0.717, 1.165) is 0 Å². The lowest BCUT2D eigenvalue weighted by Gasteiger charge is -2.25. The fourth-order valence-electron chi connectivity index (χ4n) is 1.87. The number of aliphatic hydroxyl groups excluding tert-OH is 1. The van der Waals surface area contributed by atoms with Crippen LogP contribution < -0.4 is 10.5 Å². The van der Waals surface area contributed by atoms with Gasteiger partial charge in [0.25, 0.3) is 0 Å². The van der Waals surface area contributed by atoms with E-state index in [0.29, 0.717) is 23.8 Å². The third kappa shape index (κ3) is 3.17. The van der Waals surface area contributed by atoms with E-state index in [1.54, 1.807) is 6.07 Å². The second-order valence-electron chi connectivity index (χ2n) is 4.58. The normalized spacial score (nSPS) is 17.6. The Kier molecular flexibility index (Phi) is 3.97. The molecule has 1 unspecified atom stereocenters. The van der Waals surface area contributed by atoms with E-state index in [9.17, 15) is 9.50 Å². The highest BCUT2D eigenvalue weighted by molar-refractivity contribution is 5.31. The molecule has 4 heteroatoms. The van der Waals surface area contributed by atoms with Crippen LogP contribution in [0.25, 0.3) is 0 Å². The molecular weight excluding hydrogens is 221 g/mol. The van der Waals surface area contributed by atoms with E-state index in [1.807, 2.05) is 0 Å². The maximum atomic E-state index is 13.3. The van der Waals surface area contributed by atoms with E-state index in [4.69, 9.17) is 10.5 Å². The zero-order chi connectivity index (χ0) is 12.3. The average Bonchev–Trinajstić information content (AvgIpc) is 2.25. The van der Waals surface area contributed by atoms with Gasteiger partial charge in [0.1, 0.15) is 11.6 Å². The van der Waals surface area contributed by atoms with E-state index in [1.165, 1.54) is 31.4 Å². The van der Waals surface area contributed by atoms with Gasteiger partial charge >= 0.3 is 0 Å². The number of benzene rings is 1. The Morgan fingerprint density at radius 2 is 2.18 bits per heavy atom. The minimum absolute atomic E-state index is 0.0749. The van der Waals surface area contributed by atoms with Gasteiger partial charge in [0.15, 0.2) is 0 Å². The first kappa shape index (κ1) is 12.3. The Bertz CT molecular complexity index is 380. The lowest BCUT2D eigenvalue weighted by atomic mass is 9.86. The van der Waals surface area contributed by atoms with Crippen molar-refractivity contribution >= 4 is 0 Å². The Balaban J connectivity index is 2.02. The quantitative estimate of drug-likeness (QED) is 0.826. The molecule has 2 rings (SSSR count). The van der Waals surface area contributed by atoms with Gasteiger partial charge in [0, 0.05) is 12.6 Å². The van der Waals surface area contributed by atoms with Crippen molar-refractivity contribution in [3.63, 3.8) is 0 Å². The van der Waals surface area contributed by atoms with E-state index in [-0.39, 0.29) is 6.54 Å². The minimum Gasteiger partial charge on any atom is -0.493 e. The summed E-state index contributed by atoms with van der Waals surface area (Å²) in [7, 11) is 0. The van der Waals surface area contributed by atoms with Crippen molar-refractivity contribution in [1.29, 1.82) is 0 Å². The number of hydrogen-bond acceptors (Lipinski definition) is 3. The zero-order valence-electron chi connectivity index (χ0n) is 9.73. The molecule has 1 aliphatic carbocycles. The van der Waals surface area contributed by atoms with Gasteiger partial charge in [-0.3, -0.25) is 0 Å². The fraction of sp³-hybridized carbons (Fsp3) is 0.538. The molecule has 0 aromatic heterocycles. The average molecular weight is 239 g/mol. The van der Waals surface area contributed by atoms with Gasteiger partial charge in [-0.2, -0.15) is 0 Å². The minimum atomic E-state index is -0.836. The van der Waals surface area contributed by atoms with Crippen LogP contribution in [0.5, 0.6) is 5.75 Å². The molecule has 0 aliphatic heterocycles. The maximum Gasteiger partial charge on any atom is 0.127 e. The van der Waals surface area contributed by atoms with Crippen molar-refractivity contribution in [3.8, 4) is 5.75 Å². The van der Waals surface area contributed by atoms with Crippen molar-refractivity contribution in [2.75, 3.05) is 13.2 Å². The molecule has 1 fully saturated rings. The van der Waals surface area contributed by atoms with E-state index < -0.39 is 11.9 Å². The number of hydrogen-bond donors (Lipinski definition) is 2. The molecule has 17 heavy (non-hydrogen) atoms. The molecule has 3 N–H and O–H groups in total. The van der Waals surface area contributed by atoms with Crippen molar-refractivity contribution in [2.45, 2.75) is 25.4 Å². The molecule has 0 saturated heterocycles. The van der Waals surface area contributed by atoms with Crippen LogP contribution in [-0.4, -0.2) is 18.3 Å². The predicted octanol–water partition coefficient (Wildman–Crippen LogP) is 2.00.